The lowest BCUT2D eigenvalue weighted by Gasteiger charge is -2.29. The summed E-state index contributed by atoms with van der Waals surface area (Å²) in [5, 5.41) is 0.299. The Hall–Kier alpha value is -2.01. The Morgan fingerprint density at radius 3 is 2.35 bits per heavy atom. The van der Waals surface area contributed by atoms with Crippen molar-refractivity contribution >= 4 is 29.6 Å². The molecule has 0 radical (unpaired) electrons. The zero-order valence-corrected chi connectivity index (χ0v) is 12.0. The van der Waals surface area contributed by atoms with Crippen molar-refractivity contribution in [2.24, 2.45) is 0 Å². The van der Waals surface area contributed by atoms with E-state index in [1.807, 2.05) is 0 Å². The van der Waals surface area contributed by atoms with Gasteiger partial charge >= 0.3 is 11.9 Å². The number of esters is 2. The van der Waals surface area contributed by atoms with Crippen LogP contribution < -0.4 is 4.74 Å². The molecule has 0 bridgehead atoms. The van der Waals surface area contributed by atoms with Gasteiger partial charge in [0, 0.05) is 13.8 Å². The number of carbonyl (C=O) groups is 2. The van der Waals surface area contributed by atoms with E-state index >= 15 is 0 Å². The van der Waals surface area contributed by atoms with Gasteiger partial charge in [0.15, 0.2) is 0 Å². The molecule has 1 aliphatic heterocycles. The summed E-state index contributed by atoms with van der Waals surface area (Å²) in [5.41, 5.74) is 0.258. The molecule has 0 unspecified atom stereocenters. The first-order valence-corrected chi connectivity index (χ1v) is 6.23. The Kier molecular flexibility index (Phi) is 3.72. The van der Waals surface area contributed by atoms with Crippen molar-refractivity contribution in [1.29, 1.82) is 0 Å². The van der Waals surface area contributed by atoms with Crippen molar-refractivity contribution in [3.8, 4) is 5.75 Å². The van der Waals surface area contributed by atoms with Crippen LogP contribution in [0.5, 0.6) is 5.75 Å². The maximum atomic E-state index is 11.8. The fourth-order valence-corrected chi connectivity index (χ4v) is 1.99. The SMILES string of the molecule is COc1cccc(C=C2C(=O)OC(C)(C)OC2=O)c1Cl. The lowest BCUT2D eigenvalue weighted by Crippen LogP contribution is -2.41. The highest BCUT2D eigenvalue weighted by molar-refractivity contribution is 6.34. The molecule has 2 rings (SSSR count). The van der Waals surface area contributed by atoms with Crippen molar-refractivity contribution in [2.75, 3.05) is 7.11 Å². The van der Waals surface area contributed by atoms with Gasteiger partial charge in [0.05, 0.1) is 12.1 Å². The van der Waals surface area contributed by atoms with Crippen LogP contribution in [-0.2, 0) is 19.1 Å². The van der Waals surface area contributed by atoms with Crippen molar-refractivity contribution in [3.63, 3.8) is 0 Å². The Bertz CT molecular complexity index is 582. The average molecular weight is 297 g/mol. The van der Waals surface area contributed by atoms with Crippen LogP contribution in [0.2, 0.25) is 5.02 Å². The van der Waals surface area contributed by atoms with Gasteiger partial charge in [0.1, 0.15) is 11.3 Å². The molecule has 20 heavy (non-hydrogen) atoms. The van der Waals surface area contributed by atoms with Crippen LogP contribution in [-0.4, -0.2) is 24.8 Å². The van der Waals surface area contributed by atoms with Crippen LogP contribution in [0.4, 0.5) is 0 Å². The molecule has 1 saturated heterocycles. The highest BCUT2D eigenvalue weighted by Crippen LogP contribution is 2.31. The standard InChI is InChI=1S/C14H13ClO5/c1-14(2)19-12(16)9(13(17)20-14)7-8-5-4-6-10(18-3)11(8)15/h4-7H,1-3H3. The number of methoxy groups -OCH3 is 1. The predicted octanol–water partition coefficient (Wildman–Crippen LogP) is 2.57. The topological polar surface area (TPSA) is 61.8 Å². The maximum Gasteiger partial charge on any atom is 0.348 e. The van der Waals surface area contributed by atoms with Gasteiger partial charge in [-0.25, -0.2) is 9.59 Å². The third-order valence-electron chi connectivity index (χ3n) is 2.63. The third kappa shape index (κ3) is 2.77. The number of cyclic esters (lactones) is 2. The second-order valence-corrected chi connectivity index (χ2v) is 4.98. The fraction of sp³-hybridized carbons (Fsp3) is 0.286. The number of rotatable bonds is 2. The molecule has 106 valence electrons. The quantitative estimate of drug-likeness (QED) is 0.477. The van der Waals surface area contributed by atoms with Gasteiger partial charge in [-0.3, -0.25) is 0 Å². The molecule has 1 aromatic carbocycles. The van der Waals surface area contributed by atoms with E-state index in [4.69, 9.17) is 25.8 Å². The van der Waals surface area contributed by atoms with Crippen molar-refractivity contribution < 1.29 is 23.8 Å². The molecule has 0 aromatic heterocycles. The molecule has 6 heteroatoms. The minimum atomic E-state index is -1.26. The zero-order valence-electron chi connectivity index (χ0n) is 11.2. The van der Waals surface area contributed by atoms with Crippen molar-refractivity contribution in [1.82, 2.24) is 0 Å². The van der Waals surface area contributed by atoms with E-state index in [2.05, 4.69) is 0 Å². The van der Waals surface area contributed by atoms with Crippen LogP contribution in [0.3, 0.4) is 0 Å². The molecule has 0 N–H and O–H groups in total. The molecular formula is C14H13ClO5. The molecule has 0 amide bonds. The van der Waals surface area contributed by atoms with Gasteiger partial charge in [0.2, 0.25) is 0 Å². The Morgan fingerprint density at radius 2 is 1.80 bits per heavy atom. The van der Waals surface area contributed by atoms with Gasteiger partial charge in [-0.05, 0) is 17.7 Å². The molecule has 5 nitrogen and oxygen atoms in total. The Labute approximate surface area is 121 Å². The lowest BCUT2D eigenvalue weighted by molar-refractivity contribution is -0.222. The summed E-state index contributed by atoms with van der Waals surface area (Å²) in [6.07, 6.45) is 1.32. The number of benzene rings is 1. The molecule has 0 saturated carbocycles. The summed E-state index contributed by atoms with van der Waals surface area (Å²) in [4.78, 5) is 23.6. The van der Waals surface area contributed by atoms with Crippen LogP contribution in [0.1, 0.15) is 19.4 Å². The maximum absolute atomic E-state index is 11.8. The van der Waals surface area contributed by atoms with Crippen LogP contribution in [0.15, 0.2) is 23.8 Å². The molecule has 0 spiro atoms. The first-order valence-electron chi connectivity index (χ1n) is 5.85. The summed E-state index contributed by atoms with van der Waals surface area (Å²) in [6, 6.07) is 5.02. The molecule has 1 aromatic rings. The lowest BCUT2D eigenvalue weighted by atomic mass is 10.1. The van der Waals surface area contributed by atoms with Gasteiger partial charge < -0.3 is 14.2 Å². The number of ether oxygens (including phenoxy) is 3. The number of carbonyl (C=O) groups excluding carboxylic acids is 2. The van der Waals surface area contributed by atoms with E-state index < -0.39 is 17.7 Å². The molecule has 0 aliphatic carbocycles. The van der Waals surface area contributed by atoms with E-state index in [1.165, 1.54) is 27.0 Å². The van der Waals surface area contributed by atoms with Gasteiger partial charge in [0.25, 0.3) is 5.79 Å². The smallest absolute Gasteiger partial charge is 0.348 e. The molecule has 1 fully saturated rings. The van der Waals surface area contributed by atoms with Crippen molar-refractivity contribution in [3.05, 3.63) is 34.4 Å². The summed E-state index contributed by atoms with van der Waals surface area (Å²) in [6.45, 7) is 2.97. The van der Waals surface area contributed by atoms with E-state index in [0.29, 0.717) is 16.3 Å². The van der Waals surface area contributed by atoms with E-state index in [1.54, 1.807) is 18.2 Å². The second kappa shape index (κ2) is 5.17. The third-order valence-corrected chi connectivity index (χ3v) is 3.03. The minimum absolute atomic E-state index is 0.209. The molecule has 0 atom stereocenters. The number of hydrogen-bond acceptors (Lipinski definition) is 5. The van der Waals surface area contributed by atoms with Crippen LogP contribution >= 0.6 is 11.6 Å². The second-order valence-electron chi connectivity index (χ2n) is 4.60. The summed E-state index contributed by atoms with van der Waals surface area (Å²) in [5.74, 6) is -2.31. The van der Waals surface area contributed by atoms with Crippen molar-refractivity contribution in [2.45, 2.75) is 19.6 Å². The summed E-state index contributed by atoms with van der Waals surface area (Å²) in [7, 11) is 1.48. The molecule has 1 heterocycles. The summed E-state index contributed by atoms with van der Waals surface area (Å²) < 4.78 is 15.1. The highest BCUT2D eigenvalue weighted by Gasteiger charge is 2.38. The first-order chi connectivity index (χ1) is 9.34. The number of halogens is 1. The number of hydrogen-bond donors (Lipinski definition) is 0. The Morgan fingerprint density at radius 1 is 1.20 bits per heavy atom. The zero-order chi connectivity index (χ0) is 14.9. The minimum Gasteiger partial charge on any atom is -0.495 e. The van der Waals surface area contributed by atoms with Gasteiger partial charge in [-0.15, -0.1) is 0 Å². The molecule has 1 aliphatic rings. The highest BCUT2D eigenvalue weighted by atomic mass is 35.5. The van der Waals surface area contributed by atoms with E-state index in [9.17, 15) is 9.59 Å². The Balaban J connectivity index is 2.41. The van der Waals surface area contributed by atoms with Gasteiger partial charge in [-0.1, -0.05) is 23.7 Å². The average Bonchev–Trinajstić information content (AvgIpc) is 2.34. The van der Waals surface area contributed by atoms with Crippen LogP contribution in [0.25, 0.3) is 6.08 Å². The normalized spacial score (nSPS) is 17.3. The first kappa shape index (κ1) is 14.4. The van der Waals surface area contributed by atoms with Crippen LogP contribution in [0, 0.1) is 0 Å². The summed E-state index contributed by atoms with van der Waals surface area (Å²) >= 11 is 6.11. The van der Waals surface area contributed by atoms with E-state index in [-0.39, 0.29) is 5.57 Å². The fourth-order valence-electron chi connectivity index (χ4n) is 1.73. The largest absolute Gasteiger partial charge is 0.495 e. The molecular weight excluding hydrogens is 284 g/mol. The predicted molar refractivity (Wildman–Crippen MR) is 72.2 cm³/mol. The van der Waals surface area contributed by atoms with Gasteiger partial charge in [-0.2, -0.15) is 0 Å². The van der Waals surface area contributed by atoms with E-state index in [0.717, 1.165) is 0 Å². The monoisotopic (exact) mass is 296 g/mol.